The molecule has 184 valence electrons. The minimum absolute atomic E-state index is 0.0352. The molecule has 1 aliphatic heterocycles. The Morgan fingerprint density at radius 2 is 1.76 bits per heavy atom. The van der Waals surface area contributed by atoms with Gasteiger partial charge in [-0.3, -0.25) is 0 Å². The molecule has 5 atom stereocenters. The van der Waals surface area contributed by atoms with Crippen molar-refractivity contribution in [3.8, 4) is 0 Å². The second-order valence-electron chi connectivity index (χ2n) is 10.1. The van der Waals surface area contributed by atoms with Crippen LogP contribution in [-0.4, -0.2) is 36.7 Å². The van der Waals surface area contributed by atoms with E-state index in [2.05, 4.69) is 13.8 Å². The third-order valence-corrected chi connectivity index (χ3v) is 10.0. The highest BCUT2D eigenvalue weighted by Crippen LogP contribution is 2.45. The molecule has 0 radical (unpaired) electrons. The molecular weight excluding hydrogens is 446 g/mol. The number of rotatable bonds is 6. The fourth-order valence-corrected chi connectivity index (χ4v) is 7.98. The maximum absolute atomic E-state index is 13.9. The van der Waals surface area contributed by atoms with Crippen molar-refractivity contribution >= 4 is 15.9 Å². The third kappa shape index (κ3) is 5.02. The Morgan fingerprint density at radius 3 is 2.44 bits per heavy atom. The molecule has 1 saturated carbocycles. The fraction of sp³-hybridized carbons (Fsp3) is 0.536. The molecule has 0 unspecified atom stereocenters. The average molecular weight is 484 g/mol. The van der Waals surface area contributed by atoms with E-state index in [9.17, 15) is 13.2 Å². The zero-order valence-corrected chi connectivity index (χ0v) is 21.3. The number of hydrogen-bond acceptors (Lipinski definition) is 4. The van der Waals surface area contributed by atoms with Crippen LogP contribution >= 0.6 is 0 Å². The molecule has 1 aliphatic carbocycles. The minimum Gasteiger partial charge on any atom is -0.445 e. The van der Waals surface area contributed by atoms with Crippen LogP contribution in [0.25, 0.3) is 0 Å². The molecular formula is C28H37NO4S. The fourth-order valence-electron chi connectivity index (χ4n) is 5.96. The van der Waals surface area contributed by atoms with Gasteiger partial charge in [0.2, 0.25) is 0 Å². The molecule has 0 N–H and O–H groups in total. The Kier molecular flexibility index (Phi) is 7.66. The molecule has 0 spiro atoms. The molecule has 2 aromatic carbocycles. The Morgan fingerprint density at radius 1 is 1.06 bits per heavy atom. The van der Waals surface area contributed by atoms with Crippen molar-refractivity contribution in [1.82, 2.24) is 4.90 Å². The molecule has 6 heteroatoms. The number of likely N-dealkylation sites (tertiary alicyclic amines) is 1. The summed E-state index contributed by atoms with van der Waals surface area (Å²) in [6.07, 6.45) is 4.72. The Hall–Kier alpha value is -2.34. The van der Waals surface area contributed by atoms with Gasteiger partial charge in [-0.1, -0.05) is 81.1 Å². The van der Waals surface area contributed by atoms with Crippen LogP contribution < -0.4 is 0 Å². The first-order valence-electron chi connectivity index (χ1n) is 12.6. The van der Waals surface area contributed by atoms with E-state index >= 15 is 0 Å². The first kappa shape index (κ1) is 24.8. The van der Waals surface area contributed by atoms with Gasteiger partial charge in [0.15, 0.2) is 9.84 Å². The number of hydrogen-bond donors (Lipinski definition) is 0. The van der Waals surface area contributed by atoms with E-state index in [1.54, 1.807) is 12.1 Å². The van der Waals surface area contributed by atoms with Crippen LogP contribution in [0.15, 0.2) is 59.5 Å². The van der Waals surface area contributed by atoms with Crippen LogP contribution in [0.1, 0.15) is 63.5 Å². The molecule has 2 aromatic rings. The zero-order valence-electron chi connectivity index (χ0n) is 20.5. The zero-order chi connectivity index (χ0) is 24.3. The van der Waals surface area contributed by atoms with E-state index < -0.39 is 15.1 Å². The van der Waals surface area contributed by atoms with Gasteiger partial charge < -0.3 is 9.64 Å². The van der Waals surface area contributed by atoms with Crippen molar-refractivity contribution in [2.75, 3.05) is 0 Å². The molecule has 4 rings (SSSR count). The maximum atomic E-state index is 13.9. The van der Waals surface area contributed by atoms with E-state index in [4.69, 9.17) is 4.74 Å². The van der Waals surface area contributed by atoms with Gasteiger partial charge in [-0.25, -0.2) is 13.2 Å². The monoisotopic (exact) mass is 483 g/mol. The highest BCUT2D eigenvalue weighted by atomic mass is 32.2. The molecule has 2 aliphatic rings. The van der Waals surface area contributed by atoms with Crippen molar-refractivity contribution in [2.24, 2.45) is 11.8 Å². The molecule has 5 nitrogen and oxygen atoms in total. The van der Waals surface area contributed by atoms with E-state index in [0.717, 1.165) is 36.8 Å². The number of ether oxygens (including phenoxy) is 1. The van der Waals surface area contributed by atoms with Crippen LogP contribution in [-0.2, 0) is 21.2 Å². The first-order valence-corrected chi connectivity index (χ1v) is 14.2. The smallest absolute Gasteiger partial charge is 0.410 e. The van der Waals surface area contributed by atoms with Gasteiger partial charge in [0.25, 0.3) is 0 Å². The summed E-state index contributed by atoms with van der Waals surface area (Å²) in [5, 5.41) is -0.624. The predicted molar refractivity (Wildman–Crippen MR) is 134 cm³/mol. The SMILES string of the molecule is CCC[C@@H]1[C@H](S(=O)(=O)c2ccc(C)cc2)C[C@H]2[C@H](C)CCC[C@H]2N1C(=O)OCc1ccccc1. The van der Waals surface area contributed by atoms with Crippen LogP contribution in [0, 0.1) is 18.8 Å². The summed E-state index contributed by atoms with van der Waals surface area (Å²) in [5.74, 6) is 0.540. The number of carbonyl (C=O) groups is 1. The largest absolute Gasteiger partial charge is 0.445 e. The number of piperidine rings is 1. The lowest BCUT2D eigenvalue weighted by molar-refractivity contribution is -0.0121. The van der Waals surface area contributed by atoms with Gasteiger partial charge in [-0.15, -0.1) is 0 Å². The summed E-state index contributed by atoms with van der Waals surface area (Å²) in [6.45, 7) is 6.41. The van der Waals surface area contributed by atoms with Gasteiger partial charge in [-0.2, -0.15) is 0 Å². The first-order chi connectivity index (χ1) is 16.3. The number of carbonyl (C=O) groups excluding carboxylic acids is 1. The molecule has 2 fully saturated rings. The van der Waals surface area contributed by atoms with E-state index in [-0.39, 0.29) is 30.7 Å². The summed E-state index contributed by atoms with van der Waals surface area (Å²) in [6, 6.07) is 16.4. The highest BCUT2D eigenvalue weighted by molar-refractivity contribution is 7.92. The van der Waals surface area contributed by atoms with Crippen LogP contribution in [0.5, 0.6) is 0 Å². The second-order valence-corrected chi connectivity index (χ2v) is 12.2. The van der Waals surface area contributed by atoms with Crippen LogP contribution in [0.2, 0.25) is 0 Å². The van der Waals surface area contributed by atoms with Crippen molar-refractivity contribution in [1.29, 1.82) is 0 Å². The predicted octanol–water partition coefficient (Wildman–Crippen LogP) is 6.15. The van der Waals surface area contributed by atoms with Gasteiger partial charge in [0.1, 0.15) is 6.61 Å². The summed E-state index contributed by atoms with van der Waals surface area (Å²) < 4.78 is 33.7. The highest BCUT2D eigenvalue weighted by Gasteiger charge is 2.52. The summed E-state index contributed by atoms with van der Waals surface area (Å²) in [7, 11) is -3.61. The number of sulfone groups is 1. The quantitative estimate of drug-likeness (QED) is 0.494. The number of benzene rings is 2. The number of aryl methyl sites for hydroxylation is 1. The van der Waals surface area contributed by atoms with E-state index in [0.29, 0.717) is 23.7 Å². The Labute approximate surface area is 204 Å². The summed E-state index contributed by atoms with van der Waals surface area (Å²) >= 11 is 0. The Bertz CT molecular complexity index is 1070. The summed E-state index contributed by atoms with van der Waals surface area (Å²) in [4.78, 5) is 15.8. The molecule has 1 amide bonds. The van der Waals surface area contributed by atoms with E-state index in [1.807, 2.05) is 54.3 Å². The topological polar surface area (TPSA) is 63.7 Å². The molecule has 1 heterocycles. The molecule has 1 saturated heterocycles. The maximum Gasteiger partial charge on any atom is 0.410 e. The van der Waals surface area contributed by atoms with Gasteiger partial charge in [0.05, 0.1) is 16.2 Å². The van der Waals surface area contributed by atoms with Gasteiger partial charge in [-0.05, 0) is 55.7 Å². The lowest BCUT2D eigenvalue weighted by atomic mass is 9.70. The number of nitrogens with zero attached hydrogens (tertiary/aromatic N) is 1. The van der Waals surface area contributed by atoms with Crippen molar-refractivity contribution in [2.45, 2.75) is 88.1 Å². The molecule has 34 heavy (non-hydrogen) atoms. The van der Waals surface area contributed by atoms with Gasteiger partial charge >= 0.3 is 6.09 Å². The lowest BCUT2D eigenvalue weighted by Gasteiger charge is -2.52. The molecule has 0 bridgehead atoms. The normalized spacial score (nSPS) is 27.1. The van der Waals surface area contributed by atoms with Crippen LogP contribution in [0.4, 0.5) is 4.79 Å². The van der Waals surface area contributed by atoms with Gasteiger partial charge in [0, 0.05) is 6.04 Å². The minimum atomic E-state index is -3.61. The van der Waals surface area contributed by atoms with Crippen molar-refractivity contribution < 1.29 is 17.9 Å². The standard InChI is InChI=1S/C28H37NO4S/c1-4-9-26-27(34(31,32)23-16-14-20(2)15-17-23)18-24-21(3)10-8-13-25(24)29(26)28(30)33-19-22-11-6-5-7-12-22/h5-7,11-12,14-17,21,24-27H,4,8-10,13,18-19H2,1-3H3/t21-,24+,25-,26-,27-/m1/s1. The second kappa shape index (κ2) is 10.5. The average Bonchev–Trinajstić information content (AvgIpc) is 2.83. The van der Waals surface area contributed by atoms with Crippen molar-refractivity contribution in [3.63, 3.8) is 0 Å². The van der Waals surface area contributed by atoms with E-state index in [1.165, 1.54) is 0 Å². The lowest BCUT2D eigenvalue weighted by Crippen LogP contribution is -2.63. The number of fused-ring (bicyclic) bond motifs is 1. The summed E-state index contributed by atoms with van der Waals surface area (Å²) in [5.41, 5.74) is 1.96. The van der Waals surface area contributed by atoms with Crippen LogP contribution in [0.3, 0.4) is 0 Å². The third-order valence-electron chi connectivity index (χ3n) is 7.78. The Balaban J connectivity index is 1.69. The number of amides is 1. The molecule has 0 aromatic heterocycles. The van der Waals surface area contributed by atoms with Crippen molar-refractivity contribution in [3.05, 3.63) is 65.7 Å².